The highest BCUT2D eigenvalue weighted by Crippen LogP contribution is 2.24. The van der Waals surface area contributed by atoms with Crippen LogP contribution in [0.15, 0.2) is 6.07 Å². The van der Waals surface area contributed by atoms with Crippen LogP contribution in [0.5, 0.6) is 0 Å². The van der Waals surface area contributed by atoms with Gasteiger partial charge in [-0.1, -0.05) is 0 Å². The van der Waals surface area contributed by atoms with Gasteiger partial charge in [0.15, 0.2) is 0 Å². The number of aromatic nitrogens is 1. The highest BCUT2D eigenvalue weighted by atomic mass is 16.5. The first-order chi connectivity index (χ1) is 8.74. The summed E-state index contributed by atoms with van der Waals surface area (Å²) in [6, 6.07) is 4.19. The van der Waals surface area contributed by atoms with E-state index in [-0.39, 0.29) is 6.10 Å². The lowest BCUT2D eigenvalue weighted by Gasteiger charge is -2.14. The van der Waals surface area contributed by atoms with E-state index in [1.54, 1.807) is 0 Å². The Bertz CT molecular complexity index is 465. The Morgan fingerprint density at radius 1 is 1.56 bits per heavy atom. The summed E-state index contributed by atoms with van der Waals surface area (Å²) in [5.41, 5.74) is 3.01. The van der Waals surface area contributed by atoms with Crippen LogP contribution in [0.4, 0.5) is 5.82 Å². The minimum Gasteiger partial charge on any atom is -0.377 e. The molecule has 0 spiro atoms. The van der Waals surface area contributed by atoms with Crippen LogP contribution in [0.1, 0.15) is 37.1 Å². The van der Waals surface area contributed by atoms with Crippen LogP contribution < -0.4 is 5.32 Å². The number of nitrogens with zero attached hydrogens (tertiary/aromatic N) is 2. The minimum atomic E-state index is 0.122. The molecule has 0 amide bonds. The van der Waals surface area contributed by atoms with Crippen LogP contribution >= 0.6 is 0 Å². The molecule has 1 atom stereocenters. The zero-order valence-corrected chi connectivity index (χ0v) is 11.0. The van der Waals surface area contributed by atoms with Crippen molar-refractivity contribution in [1.82, 2.24) is 4.98 Å². The van der Waals surface area contributed by atoms with Gasteiger partial charge in [0.2, 0.25) is 0 Å². The number of pyridine rings is 1. The second kappa shape index (κ2) is 5.83. The van der Waals surface area contributed by atoms with Gasteiger partial charge in [0.1, 0.15) is 11.9 Å². The maximum absolute atomic E-state index is 9.16. The lowest BCUT2D eigenvalue weighted by Crippen LogP contribution is -2.21. The lowest BCUT2D eigenvalue weighted by atomic mass is 10.1. The van der Waals surface area contributed by atoms with E-state index >= 15 is 0 Å². The summed E-state index contributed by atoms with van der Waals surface area (Å²) < 4.78 is 5.46. The van der Waals surface area contributed by atoms with Crippen molar-refractivity contribution in [3.8, 4) is 6.07 Å². The van der Waals surface area contributed by atoms with Gasteiger partial charge in [-0.15, -0.1) is 0 Å². The number of fused-ring (bicyclic) bond motifs is 1. The van der Waals surface area contributed by atoms with Gasteiger partial charge in [-0.05, 0) is 44.7 Å². The number of hydrogen-bond donors (Lipinski definition) is 1. The normalized spacial score (nSPS) is 14.9. The zero-order valence-electron chi connectivity index (χ0n) is 11.0. The van der Waals surface area contributed by atoms with Gasteiger partial charge in [-0.3, -0.25) is 0 Å². The molecular formula is C14H19N3O. The molecule has 96 valence electrons. The van der Waals surface area contributed by atoms with E-state index in [1.165, 1.54) is 5.56 Å². The maximum atomic E-state index is 9.16. The Morgan fingerprint density at radius 3 is 3.11 bits per heavy atom. The maximum Gasteiger partial charge on any atom is 0.144 e. The first-order valence-corrected chi connectivity index (χ1v) is 6.53. The van der Waals surface area contributed by atoms with E-state index in [2.05, 4.69) is 16.4 Å². The van der Waals surface area contributed by atoms with Crippen molar-refractivity contribution < 1.29 is 4.74 Å². The predicted octanol–water partition coefficient (Wildman–Crippen LogP) is 2.28. The SMILES string of the molecule is CCOC(C)CNc1nc2c(cc1C#N)CCC2. The van der Waals surface area contributed by atoms with Crippen molar-refractivity contribution in [2.75, 3.05) is 18.5 Å². The Hall–Kier alpha value is -1.60. The fourth-order valence-corrected chi connectivity index (χ4v) is 2.28. The number of ether oxygens (including phenoxy) is 1. The number of aryl methyl sites for hydroxylation is 2. The quantitative estimate of drug-likeness (QED) is 0.864. The Balaban J connectivity index is 2.10. The molecule has 0 aromatic carbocycles. The fourth-order valence-electron chi connectivity index (χ4n) is 2.28. The third kappa shape index (κ3) is 2.80. The summed E-state index contributed by atoms with van der Waals surface area (Å²) in [7, 11) is 0. The van der Waals surface area contributed by atoms with E-state index in [0.29, 0.717) is 24.5 Å². The molecule has 1 heterocycles. The Morgan fingerprint density at radius 2 is 2.39 bits per heavy atom. The molecule has 0 bridgehead atoms. The van der Waals surface area contributed by atoms with E-state index in [4.69, 9.17) is 10.00 Å². The topological polar surface area (TPSA) is 57.9 Å². The van der Waals surface area contributed by atoms with Gasteiger partial charge in [-0.25, -0.2) is 4.98 Å². The standard InChI is InChI=1S/C14H19N3O/c1-3-18-10(2)9-16-14-12(8-15)7-11-5-4-6-13(11)17-14/h7,10H,3-6,9H2,1-2H3,(H,16,17). The third-order valence-electron chi connectivity index (χ3n) is 3.18. The van der Waals surface area contributed by atoms with Crippen molar-refractivity contribution in [3.63, 3.8) is 0 Å². The van der Waals surface area contributed by atoms with Crippen LogP contribution in [0, 0.1) is 11.3 Å². The summed E-state index contributed by atoms with van der Waals surface area (Å²) in [4.78, 5) is 4.57. The molecular weight excluding hydrogens is 226 g/mol. The molecule has 0 radical (unpaired) electrons. The van der Waals surface area contributed by atoms with Crippen molar-refractivity contribution in [2.45, 2.75) is 39.2 Å². The van der Waals surface area contributed by atoms with E-state index in [1.807, 2.05) is 19.9 Å². The van der Waals surface area contributed by atoms with Crippen LogP contribution in [-0.4, -0.2) is 24.2 Å². The number of anilines is 1. The smallest absolute Gasteiger partial charge is 0.144 e. The van der Waals surface area contributed by atoms with Crippen LogP contribution in [0.25, 0.3) is 0 Å². The molecule has 0 saturated carbocycles. The predicted molar refractivity (Wildman–Crippen MR) is 70.6 cm³/mol. The number of rotatable bonds is 5. The summed E-state index contributed by atoms with van der Waals surface area (Å²) >= 11 is 0. The van der Waals surface area contributed by atoms with Crippen molar-refractivity contribution in [3.05, 3.63) is 22.9 Å². The molecule has 4 nitrogen and oxygen atoms in total. The molecule has 0 aliphatic heterocycles. The molecule has 1 aliphatic carbocycles. The molecule has 1 aromatic rings. The highest BCUT2D eigenvalue weighted by molar-refractivity contribution is 5.55. The number of hydrogen-bond acceptors (Lipinski definition) is 4. The van der Waals surface area contributed by atoms with Gasteiger partial charge in [-0.2, -0.15) is 5.26 Å². The first kappa shape index (κ1) is 12.8. The summed E-state index contributed by atoms with van der Waals surface area (Å²) in [5.74, 6) is 0.699. The second-order valence-electron chi connectivity index (χ2n) is 4.60. The van der Waals surface area contributed by atoms with Crippen LogP contribution in [0.3, 0.4) is 0 Å². The average Bonchev–Trinajstić information content (AvgIpc) is 2.82. The van der Waals surface area contributed by atoms with Crippen LogP contribution in [0.2, 0.25) is 0 Å². The third-order valence-corrected chi connectivity index (χ3v) is 3.18. The van der Waals surface area contributed by atoms with Crippen molar-refractivity contribution >= 4 is 5.82 Å². The molecule has 1 unspecified atom stereocenters. The largest absolute Gasteiger partial charge is 0.377 e. The van der Waals surface area contributed by atoms with E-state index in [9.17, 15) is 0 Å². The summed E-state index contributed by atoms with van der Waals surface area (Å²) in [5, 5.41) is 12.4. The molecule has 2 rings (SSSR count). The van der Waals surface area contributed by atoms with Crippen LogP contribution in [-0.2, 0) is 17.6 Å². The number of nitrogens with one attached hydrogen (secondary N) is 1. The van der Waals surface area contributed by atoms with Crippen molar-refractivity contribution in [2.24, 2.45) is 0 Å². The average molecular weight is 245 g/mol. The minimum absolute atomic E-state index is 0.122. The van der Waals surface area contributed by atoms with Gasteiger partial charge in [0, 0.05) is 18.8 Å². The molecule has 4 heteroatoms. The van der Waals surface area contributed by atoms with E-state index in [0.717, 1.165) is 25.0 Å². The molecule has 0 fully saturated rings. The van der Waals surface area contributed by atoms with Gasteiger partial charge in [0.25, 0.3) is 0 Å². The highest BCUT2D eigenvalue weighted by Gasteiger charge is 2.16. The lowest BCUT2D eigenvalue weighted by molar-refractivity contribution is 0.0855. The van der Waals surface area contributed by atoms with E-state index < -0.39 is 0 Å². The number of nitriles is 1. The summed E-state index contributed by atoms with van der Waals surface area (Å²) in [6.45, 7) is 5.36. The molecule has 1 aromatic heterocycles. The molecule has 0 saturated heterocycles. The zero-order chi connectivity index (χ0) is 13.0. The summed E-state index contributed by atoms with van der Waals surface area (Å²) in [6.07, 6.45) is 3.34. The molecule has 1 N–H and O–H groups in total. The molecule has 1 aliphatic rings. The fraction of sp³-hybridized carbons (Fsp3) is 0.571. The monoisotopic (exact) mass is 245 g/mol. The Kier molecular flexibility index (Phi) is 4.16. The van der Waals surface area contributed by atoms with Crippen molar-refractivity contribution in [1.29, 1.82) is 5.26 Å². The Labute approximate surface area is 108 Å². The molecule has 18 heavy (non-hydrogen) atoms. The second-order valence-corrected chi connectivity index (χ2v) is 4.60. The van der Waals surface area contributed by atoms with Gasteiger partial charge in [0.05, 0.1) is 11.7 Å². The first-order valence-electron chi connectivity index (χ1n) is 6.53. The van der Waals surface area contributed by atoms with Gasteiger partial charge >= 0.3 is 0 Å². The van der Waals surface area contributed by atoms with Gasteiger partial charge < -0.3 is 10.1 Å².